The molecule has 2 aromatic rings. The molecular weight excluding hydrogens is 270 g/mol. The van der Waals surface area contributed by atoms with Crippen molar-refractivity contribution >= 4 is 28.2 Å². The molecule has 20 heavy (non-hydrogen) atoms. The molecule has 1 aromatic carbocycles. The van der Waals surface area contributed by atoms with Gasteiger partial charge >= 0.3 is 0 Å². The SMILES string of the molecule is Cc1nnc(NCC2CCCC(Cl)C2)c2ccccc12. The average molecular weight is 290 g/mol. The van der Waals surface area contributed by atoms with Crippen LogP contribution in [-0.2, 0) is 0 Å². The van der Waals surface area contributed by atoms with E-state index in [0.29, 0.717) is 11.3 Å². The van der Waals surface area contributed by atoms with Gasteiger partial charge in [-0.25, -0.2) is 0 Å². The summed E-state index contributed by atoms with van der Waals surface area (Å²) in [5, 5.41) is 14.7. The number of benzene rings is 1. The number of hydrogen-bond acceptors (Lipinski definition) is 3. The van der Waals surface area contributed by atoms with Crippen LogP contribution in [0.2, 0.25) is 0 Å². The van der Waals surface area contributed by atoms with Crippen molar-refractivity contribution in [3.05, 3.63) is 30.0 Å². The minimum absolute atomic E-state index is 0.344. The Kier molecular flexibility index (Phi) is 4.06. The third kappa shape index (κ3) is 2.88. The second-order valence-electron chi connectivity index (χ2n) is 5.69. The molecule has 2 atom stereocenters. The fraction of sp³-hybridized carbons (Fsp3) is 0.500. The predicted octanol–water partition coefficient (Wildman–Crippen LogP) is 4.15. The molecule has 1 aliphatic rings. The predicted molar refractivity (Wildman–Crippen MR) is 84.4 cm³/mol. The van der Waals surface area contributed by atoms with Crippen LogP contribution in [0.4, 0.5) is 5.82 Å². The first-order chi connectivity index (χ1) is 9.74. The number of anilines is 1. The Balaban J connectivity index is 1.76. The smallest absolute Gasteiger partial charge is 0.156 e. The molecule has 1 fully saturated rings. The number of fused-ring (bicyclic) bond motifs is 1. The fourth-order valence-corrected chi connectivity index (χ4v) is 3.43. The summed E-state index contributed by atoms with van der Waals surface area (Å²) in [6.45, 7) is 2.93. The van der Waals surface area contributed by atoms with Crippen molar-refractivity contribution < 1.29 is 0 Å². The number of hydrogen-bond donors (Lipinski definition) is 1. The normalized spacial score (nSPS) is 22.9. The minimum Gasteiger partial charge on any atom is -0.368 e. The number of alkyl halides is 1. The summed E-state index contributed by atoms with van der Waals surface area (Å²) in [4.78, 5) is 0. The van der Waals surface area contributed by atoms with Gasteiger partial charge in [-0.15, -0.1) is 16.7 Å². The molecule has 0 saturated heterocycles. The van der Waals surface area contributed by atoms with E-state index in [4.69, 9.17) is 11.6 Å². The largest absolute Gasteiger partial charge is 0.368 e. The molecule has 2 unspecified atom stereocenters. The fourth-order valence-electron chi connectivity index (χ4n) is 3.02. The van der Waals surface area contributed by atoms with Crippen LogP contribution in [0.5, 0.6) is 0 Å². The van der Waals surface area contributed by atoms with Crippen LogP contribution in [0.15, 0.2) is 24.3 Å². The van der Waals surface area contributed by atoms with E-state index in [0.717, 1.165) is 36.3 Å². The van der Waals surface area contributed by atoms with E-state index in [9.17, 15) is 0 Å². The molecule has 3 rings (SSSR count). The second kappa shape index (κ2) is 5.96. The van der Waals surface area contributed by atoms with Crippen LogP contribution in [0, 0.1) is 12.8 Å². The lowest BCUT2D eigenvalue weighted by Gasteiger charge is -2.25. The topological polar surface area (TPSA) is 37.8 Å². The van der Waals surface area contributed by atoms with Crippen molar-refractivity contribution in [1.82, 2.24) is 10.2 Å². The first-order valence-electron chi connectivity index (χ1n) is 7.34. The first-order valence-corrected chi connectivity index (χ1v) is 7.77. The van der Waals surface area contributed by atoms with Crippen LogP contribution >= 0.6 is 11.6 Å². The highest BCUT2D eigenvalue weighted by atomic mass is 35.5. The van der Waals surface area contributed by atoms with Gasteiger partial charge in [-0.3, -0.25) is 0 Å². The molecule has 1 N–H and O–H groups in total. The summed E-state index contributed by atoms with van der Waals surface area (Å²) in [6.07, 6.45) is 4.76. The molecule has 4 heteroatoms. The zero-order valence-electron chi connectivity index (χ0n) is 11.8. The summed E-state index contributed by atoms with van der Waals surface area (Å²) in [5.41, 5.74) is 0.977. The number of nitrogens with zero attached hydrogens (tertiary/aromatic N) is 2. The number of nitrogens with one attached hydrogen (secondary N) is 1. The van der Waals surface area contributed by atoms with E-state index in [2.05, 4.69) is 27.6 Å². The highest BCUT2D eigenvalue weighted by molar-refractivity contribution is 6.20. The Morgan fingerprint density at radius 2 is 2.00 bits per heavy atom. The molecule has 0 spiro atoms. The Morgan fingerprint density at radius 1 is 1.20 bits per heavy atom. The van der Waals surface area contributed by atoms with Gasteiger partial charge in [-0.1, -0.05) is 30.7 Å². The van der Waals surface area contributed by atoms with E-state index < -0.39 is 0 Å². The van der Waals surface area contributed by atoms with Crippen molar-refractivity contribution in [3.63, 3.8) is 0 Å². The van der Waals surface area contributed by atoms with Gasteiger partial charge in [0.05, 0.1) is 5.69 Å². The van der Waals surface area contributed by atoms with Crippen LogP contribution < -0.4 is 5.32 Å². The van der Waals surface area contributed by atoms with Crippen LogP contribution in [0.1, 0.15) is 31.4 Å². The number of rotatable bonds is 3. The molecule has 1 aliphatic carbocycles. The van der Waals surface area contributed by atoms with Gasteiger partial charge < -0.3 is 5.32 Å². The standard InChI is InChI=1S/C16H20ClN3/c1-11-14-7-2-3-8-15(14)16(20-19-11)18-10-12-5-4-6-13(17)9-12/h2-3,7-8,12-13H,4-6,9-10H2,1H3,(H,18,20). The van der Waals surface area contributed by atoms with Gasteiger partial charge in [0.25, 0.3) is 0 Å². The summed E-state index contributed by atoms with van der Waals surface area (Å²) < 4.78 is 0. The molecule has 0 aliphatic heterocycles. The molecule has 0 radical (unpaired) electrons. The van der Waals surface area contributed by atoms with E-state index in [1.807, 2.05) is 19.1 Å². The van der Waals surface area contributed by atoms with Crippen molar-refractivity contribution in [2.24, 2.45) is 5.92 Å². The van der Waals surface area contributed by atoms with Crippen molar-refractivity contribution in [3.8, 4) is 0 Å². The van der Waals surface area contributed by atoms with Gasteiger partial charge in [0.15, 0.2) is 5.82 Å². The average Bonchev–Trinajstić information content (AvgIpc) is 2.47. The van der Waals surface area contributed by atoms with Crippen LogP contribution in [-0.4, -0.2) is 22.1 Å². The summed E-state index contributed by atoms with van der Waals surface area (Å²) in [7, 11) is 0. The quantitative estimate of drug-likeness (QED) is 0.863. The Hall–Kier alpha value is -1.35. The van der Waals surface area contributed by atoms with Gasteiger partial charge in [-0.05, 0) is 32.1 Å². The monoisotopic (exact) mass is 289 g/mol. The summed E-state index contributed by atoms with van der Waals surface area (Å²) >= 11 is 6.25. The van der Waals surface area contributed by atoms with Crippen molar-refractivity contribution in [2.75, 3.05) is 11.9 Å². The zero-order chi connectivity index (χ0) is 13.9. The van der Waals surface area contributed by atoms with Crippen LogP contribution in [0.3, 0.4) is 0 Å². The third-order valence-electron chi connectivity index (χ3n) is 4.15. The van der Waals surface area contributed by atoms with Gasteiger partial charge in [0.2, 0.25) is 0 Å². The van der Waals surface area contributed by atoms with Gasteiger partial charge in [0.1, 0.15) is 0 Å². The number of aromatic nitrogens is 2. The third-order valence-corrected chi connectivity index (χ3v) is 4.55. The van der Waals surface area contributed by atoms with Gasteiger partial charge in [-0.2, -0.15) is 5.10 Å². The lowest BCUT2D eigenvalue weighted by Crippen LogP contribution is -2.23. The first kappa shape index (κ1) is 13.6. The molecule has 0 amide bonds. The Bertz CT molecular complexity index is 599. The maximum absolute atomic E-state index is 6.25. The molecule has 106 valence electrons. The summed E-state index contributed by atoms with van der Waals surface area (Å²) in [5.74, 6) is 1.54. The van der Waals surface area contributed by atoms with Gasteiger partial charge in [0, 0.05) is 22.7 Å². The number of halogens is 1. The van der Waals surface area contributed by atoms with Crippen molar-refractivity contribution in [1.29, 1.82) is 0 Å². The highest BCUT2D eigenvalue weighted by Gasteiger charge is 2.20. The molecular formula is C16H20ClN3. The van der Waals surface area contributed by atoms with E-state index in [-0.39, 0.29) is 0 Å². The van der Waals surface area contributed by atoms with E-state index in [1.54, 1.807) is 0 Å². The molecule has 1 aromatic heterocycles. The Labute approximate surface area is 124 Å². The zero-order valence-corrected chi connectivity index (χ0v) is 12.5. The number of aryl methyl sites for hydroxylation is 1. The molecule has 1 heterocycles. The maximum atomic E-state index is 6.25. The second-order valence-corrected chi connectivity index (χ2v) is 6.31. The Morgan fingerprint density at radius 3 is 2.80 bits per heavy atom. The highest BCUT2D eigenvalue weighted by Crippen LogP contribution is 2.29. The molecule has 0 bridgehead atoms. The van der Waals surface area contributed by atoms with Crippen molar-refractivity contribution in [2.45, 2.75) is 38.0 Å². The minimum atomic E-state index is 0.344. The maximum Gasteiger partial charge on any atom is 0.156 e. The van der Waals surface area contributed by atoms with E-state index >= 15 is 0 Å². The lowest BCUT2D eigenvalue weighted by molar-refractivity contribution is 0.378. The molecule has 1 saturated carbocycles. The lowest BCUT2D eigenvalue weighted by atomic mass is 9.89. The van der Waals surface area contributed by atoms with Crippen LogP contribution in [0.25, 0.3) is 10.8 Å². The summed E-state index contributed by atoms with van der Waals surface area (Å²) in [6, 6.07) is 8.29. The molecule has 3 nitrogen and oxygen atoms in total. The van der Waals surface area contributed by atoms with E-state index in [1.165, 1.54) is 18.2 Å².